The van der Waals surface area contributed by atoms with Crippen molar-refractivity contribution in [2.45, 2.75) is 19.0 Å². The van der Waals surface area contributed by atoms with Gasteiger partial charge in [0.15, 0.2) is 0 Å². The van der Waals surface area contributed by atoms with Crippen LogP contribution >= 0.6 is 0 Å². The monoisotopic (exact) mass is 404 g/mol. The van der Waals surface area contributed by atoms with Crippen molar-refractivity contribution in [1.29, 1.82) is 0 Å². The number of hydrogen-bond donors (Lipinski definition) is 0. The zero-order chi connectivity index (χ0) is 21.1. The zero-order valence-electron chi connectivity index (χ0n) is 16.4. The van der Waals surface area contributed by atoms with E-state index in [9.17, 15) is 14.4 Å². The molecule has 1 atom stereocenters. The molecule has 0 spiro atoms. The molecule has 1 aliphatic rings. The first-order valence-corrected chi connectivity index (χ1v) is 9.47. The summed E-state index contributed by atoms with van der Waals surface area (Å²) >= 11 is 0. The Morgan fingerprint density at radius 2 is 1.90 bits per heavy atom. The Morgan fingerprint density at radius 1 is 1.10 bits per heavy atom. The van der Waals surface area contributed by atoms with Crippen LogP contribution in [0.1, 0.15) is 22.5 Å². The summed E-state index contributed by atoms with van der Waals surface area (Å²) in [6.45, 7) is 0.0648. The highest BCUT2D eigenvalue weighted by molar-refractivity contribution is 6.23. The molecule has 7 nitrogen and oxygen atoms in total. The number of para-hydroxylation sites is 1. The second-order valence-electron chi connectivity index (χ2n) is 6.87. The summed E-state index contributed by atoms with van der Waals surface area (Å²) in [5.74, 6) is -0.123. The van der Waals surface area contributed by atoms with Crippen molar-refractivity contribution in [3.63, 3.8) is 0 Å². The van der Waals surface area contributed by atoms with E-state index in [1.807, 2.05) is 6.07 Å². The van der Waals surface area contributed by atoms with Crippen molar-refractivity contribution in [1.82, 2.24) is 4.90 Å². The fourth-order valence-corrected chi connectivity index (χ4v) is 3.52. The van der Waals surface area contributed by atoms with Crippen LogP contribution in [0.5, 0.6) is 5.75 Å². The molecule has 30 heavy (non-hydrogen) atoms. The molecule has 4 rings (SSSR count). The van der Waals surface area contributed by atoms with Crippen LogP contribution in [0.25, 0.3) is 0 Å². The molecule has 0 bridgehead atoms. The zero-order valence-corrected chi connectivity index (χ0v) is 16.4. The van der Waals surface area contributed by atoms with Crippen LogP contribution < -0.4 is 9.64 Å². The SMILES string of the molecule is COc1cccc(C(=O)N(Cc2ccco2)C2CC(=O)N(c3ccccc3)C2=O)c1. The number of nitrogens with zero attached hydrogens (tertiary/aromatic N) is 2. The molecule has 1 aromatic heterocycles. The number of carbonyl (C=O) groups excluding carboxylic acids is 3. The first kappa shape index (κ1) is 19.4. The molecule has 1 aliphatic heterocycles. The molecule has 0 saturated carbocycles. The van der Waals surface area contributed by atoms with Crippen LogP contribution in [0.15, 0.2) is 77.4 Å². The summed E-state index contributed by atoms with van der Waals surface area (Å²) in [6, 6.07) is 17.9. The van der Waals surface area contributed by atoms with E-state index in [1.165, 1.54) is 18.3 Å². The Kier molecular flexibility index (Phi) is 5.34. The number of ether oxygens (including phenoxy) is 1. The van der Waals surface area contributed by atoms with Gasteiger partial charge in [0.05, 0.1) is 32.0 Å². The van der Waals surface area contributed by atoms with Gasteiger partial charge < -0.3 is 14.1 Å². The molecular formula is C23H20N2O5. The van der Waals surface area contributed by atoms with Crippen molar-refractivity contribution in [3.8, 4) is 5.75 Å². The topological polar surface area (TPSA) is 80.1 Å². The highest BCUT2D eigenvalue weighted by Crippen LogP contribution is 2.28. The van der Waals surface area contributed by atoms with Gasteiger partial charge in [-0.1, -0.05) is 24.3 Å². The molecule has 3 aromatic rings. The van der Waals surface area contributed by atoms with Gasteiger partial charge in [0.2, 0.25) is 5.91 Å². The first-order chi connectivity index (χ1) is 14.6. The van der Waals surface area contributed by atoms with E-state index in [1.54, 1.807) is 60.7 Å². The molecule has 0 N–H and O–H groups in total. The van der Waals surface area contributed by atoms with Crippen molar-refractivity contribution in [2.24, 2.45) is 0 Å². The number of imide groups is 1. The maximum atomic E-state index is 13.4. The van der Waals surface area contributed by atoms with Crippen molar-refractivity contribution in [3.05, 3.63) is 84.3 Å². The highest BCUT2D eigenvalue weighted by Gasteiger charge is 2.44. The van der Waals surface area contributed by atoms with E-state index in [0.29, 0.717) is 22.8 Å². The molecule has 2 heterocycles. The molecular weight excluding hydrogens is 384 g/mol. The minimum Gasteiger partial charge on any atom is -0.497 e. The number of methoxy groups -OCH3 is 1. The largest absolute Gasteiger partial charge is 0.497 e. The smallest absolute Gasteiger partial charge is 0.257 e. The summed E-state index contributed by atoms with van der Waals surface area (Å²) in [6.07, 6.45) is 1.41. The maximum absolute atomic E-state index is 13.4. The van der Waals surface area contributed by atoms with Crippen LogP contribution in [-0.2, 0) is 16.1 Å². The van der Waals surface area contributed by atoms with Gasteiger partial charge in [-0.25, -0.2) is 4.90 Å². The third-order valence-electron chi connectivity index (χ3n) is 5.00. The Hall–Kier alpha value is -3.87. The second kappa shape index (κ2) is 8.24. The number of hydrogen-bond acceptors (Lipinski definition) is 5. The Balaban J connectivity index is 1.68. The Labute approximate surface area is 173 Å². The number of rotatable bonds is 6. The van der Waals surface area contributed by atoms with E-state index in [2.05, 4.69) is 0 Å². The maximum Gasteiger partial charge on any atom is 0.257 e. The molecule has 1 unspecified atom stereocenters. The molecule has 2 aromatic carbocycles. The molecule has 0 aliphatic carbocycles. The van der Waals surface area contributed by atoms with E-state index in [-0.39, 0.29) is 24.8 Å². The fraction of sp³-hybridized carbons (Fsp3) is 0.174. The number of anilines is 1. The minimum atomic E-state index is -0.929. The third kappa shape index (κ3) is 3.69. The molecule has 7 heteroatoms. The first-order valence-electron chi connectivity index (χ1n) is 9.47. The average Bonchev–Trinajstić information content (AvgIpc) is 3.39. The van der Waals surface area contributed by atoms with Crippen LogP contribution in [0.3, 0.4) is 0 Å². The summed E-state index contributed by atoms with van der Waals surface area (Å²) in [7, 11) is 1.51. The van der Waals surface area contributed by atoms with Crippen LogP contribution in [0.2, 0.25) is 0 Å². The summed E-state index contributed by atoms with van der Waals surface area (Å²) in [4.78, 5) is 41.8. The van der Waals surface area contributed by atoms with Gasteiger partial charge >= 0.3 is 0 Å². The molecule has 1 fully saturated rings. The lowest BCUT2D eigenvalue weighted by molar-refractivity contribution is -0.122. The molecule has 3 amide bonds. The number of benzene rings is 2. The Morgan fingerprint density at radius 3 is 2.60 bits per heavy atom. The Bertz CT molecular complexity index is 1060. The van der Waals surface area contributed by atoms with Crippen molar-refractivity contribution < 1.29 is 23.5 Å². The van der Waals surface area contributed by atoms with Crippen LogP contribution in [0.4, 0.5) is 5.69 Å². The van der Waals surface area contributed by atoms with Crippen molar-refractivity contribution in [2.75, 3.05) is 12.0 Å². The highest BCUT2D eigenvalue weighted by atomic mass is 16.5. The fourth-order valence-electron chi connectivity index (χ4n) is 3.52. The van der Waals surface area contributed by atoms with Gasteiger partial charge in [-0.3, -0.25) is 14.4 Å². The predicted molar refractivity (Wildman–Crippen MR) is 109 cm³/mol. The second-order valence-corrected chi connectivity index (χ2v) is 6.87. The molecule has 1 saturated heterocycles. The summed E-state index contributed by atoms with van der Waals surface area (Å²) in [5.41, 5.74) is 0.848. The van der Waals surface area contributed by atoms with Gasteiger partial charge in [-0.05, 0) is 42.5 Å². The molecule has 152 valence electrons. The lowest BCUT2D eigenvalue weighted by atomic mass is 10.1. The quantitative estimate of drug-likeness (QED) is 0.589. The molecule has 0 radical (unpaired) electrons. The van der Waals surface area contributed by atoms with Crippen LogP contribution in [-0.4, -0.2) is 35.8 Å². The standard InChI is InChI=1S/C23H20N2O5/c1-29-18-10-5-7-16(13-18)22(27)24(15-19-11-6-12-30-19)20-14-21(26)25(23(20)28)17-8-3-2-4-9-17/h2-13,20H,14-15H2,1H3. The van der Waals surface area contributed by atoms with Gasteiger partial charge in [-0.15, -0.1) is 0 Å². The number of amides is 3. The summed E-state index contributed by atoms with van der Waals surface area (Å²) < 4.78 is 10.6. The summed E-state index contributed by atoms with van der Waals surface area (Å²) in [5, 5.41) is 0. The van der Waals surface area contributed by atoms with Gasteiger partial charge in [0, 0.05) is 5.56 Å². The number of furan rings is 1. The van der Waals surface area contributed by atoms with E-state index < -0.39 is 11.9 Å². The van der Waals surface area contributed by atoms with E-state index in [4.69, 9.17) is 9.15 Å². The lowest BCUT2D eigenvalue weighted by Gasteiger charge is -2.27. The van der Waals surface area contributed by atoms with Crippen molar-refractivity contribution >= 4 is 23.4 Å². The normalized spacial score (nSPS) is 16.0. The third-order valence-corrected chi connectivity index (χ3v) is 5.00. The predicted octanol–water partition coefficient (Wildman–Crippen LogP) is 3.26. The van der Waals surface area contributed by atoms with Gasteiger partial charge in [0.1, 0.15) is 17.6 Å². The van der Waals surface area contributed by atoms with Gasteiger partial charge in [0.25, 0.3) is 11.8 Å². The van der Waals surface area contributed by atoms with E-state index in [0.717, 1.165) is 4.90 Å². The number of carbonyl (C=O) groups is 3. The van der Waals surface area contributed by atoms with Gasteiger partial charge in [-0.2, -0.15) is 0 Å². The minimum absolute atomic E-state index is 0.0648. The average molecular weight is 404 g/mol. The lowest BCUT2D eigenvalue weighted by Crippen LogP contribution is -2.45. The van der Waals surface area contributed by atoms with Crippen LogP contribution in [0, 0.1) is 0 Å². The van der Waals surface area contributed by atoms with E-state index >= 15 is 0 Å².